The molecule has 0 unspecified atom stereocenters. The number of aromatic nitrogens is 2. The summed E-state index contributed by atoms with van der Waals surface area (Å²) in [6.07, 6.45) is 4.37. The highest BCUT2D eigenvalue weighted by molar-refractivity contribution is 9.10. The number of fused-ring (bicyclic) bond motifs is 1. The van der Waals surface area contributed by atoms with Crippen molar-refractivity contribution in [2.24, 2.45) is 0 Å². The predicted molar refractivity (Wildman–Crippen MR) is 65.2 cm³/mol. The maximum Gasteiger partial charge on any atom is 0.136 e. The van der Waals surface area contributed by atoms with Crippen molar-refractivity contribution in [1.82, 2.24) is 14.7 Å². The Balaban J connectivity index is 2.09. The van der Waals surface area contributed by atoms with Crippen LogP contribution in [0.5, 0.6) is 0 Å². The highest BCUT2D eigenvalue weighted by atomic mass is 79.9. The second-order valence-corrected chi connectivity index (χ2v) is 4.46. The van der Waals surface area contributed by atoms with Gasteiger partial charge in [0.25, 0.3) is 0 Å². The summed E-state index contributed by atoms with van der Waals surface area (Å²) < 4.78 is 14.9. The van der Waals surface area contributed by atoms with Gasteiger partial charge in [-0.05, 0) is 41.0 Å². The van der Waals surface area contributed by atoms with Gasteiger partial charge in [0.15, 0.2) is 0 Å². The fraction of sp³-hybridized carbons (Fsp3) is 0.364. The van der Waals surface area contributed by atoms with Gasteiger partial charge in [0.05, 0.1) is 18.6 Å². The lowest BCUT2D eigenvalue weighted by molar-refractivity contribution is 0.458. The molecule has 16 heavy (non-hydrogen) atoms. The van der Waals surface area contributed by atoms with Crippen LogP contribution in [0.2, 0.25) is 0 Å². The third kappa shape index (κ3) is 2.59. The molecule has 0 aliphatic carbocycles. The van der Waals surface area contributed by atoms with Gasteiger partial charge in [-0.15, -0.1) is 0 Å². The molecule has 2 aromatic rings. The van der Waals surface area contributed by atoms with Gasteiger partial charge in [-0.25, -0.2) is 4.98 Å². The minimum Gasteiger partial charge on any atom is -0.311 e. The Morgan fingerprint density at radius 3 is 3.12 bits per heavy atom. The number of imidazole rings is 1. The van der Waals surface area contributed by atoms with E-state index in [0.717, 1.165) is 15.8 Å². The van der Waals surface area contributed by atoms with Crippen molar-refractivity contribution >= 4 is 21.6 Å². The molecule has 0 atom stereocenters. The lowest BCUT2D eigenvalue weighted by atomic mass is 10.4. The summed E-state index contributed by atoms with van der Waals surface area (Å²) >= 11 is 3.43. The molecule has 0 spiro atoms. The summed E-state index contributed by atoms with van der Waals surface area (Å²) in [6, 6.07) is 3.91. The quantitative estimate of drug-likeness (QED) is 0.856. The van der Waals surface area contributed by atoms with Crippen LogP contribution in [-0.2, 0) is 6.54 Å². The van der Waals surface area contributed by atoms with Gasteiger partial charge in [0.1, 0.15) is 5.65 Å². The van der Waals surface area contributed by atoms with E-state index in [-0.39, 0.29) is 6.67 Å². The molecule has 86 valence electrons. The van der Waals surface area contributed by atoms with Crippen molar-refractivity contribution in [3.05, 3.63) is 34.7 Å². The average Bonchev–Trinajstić information content (AvgIpc) is 2.67. The lowest BCUT2D eigenvalue weighted by Crippen LogP contribution is -2.16. The highest BCUT2D eigenvalue weighted by Gasteiger charge is 2.02. The predicted octanol–water partition coefficient (Wildman–Crippen LogP) is 2.55. The molecule has 0 saturated heterocycles. The highest BCUT2D eigenvalue weighted by Crippen LogP contribution is 2.13. The Morgan fingerprint density at radius 1 is 1.44 bits per heavy atom. The van der Waals surface area contributed by atoms with Crippen molar-refractivity contribution in [3.8, 4) is 0 Å². The van der Waals surface area contributed by atoms with Crippen molar-refractivity contribution < 1.29 is 4.39 Å². The van der Waals surface area contributed by atoms with Crippen LogP contribution >= 0.6 is 15.9 Å². The molecule has 0 aromatic carbocycles. The number of rotatable bonds is 5. The Bertz CT molecular complexity index is 469. The molecule has 0 amide bonds. The van der Waals surface area contributed by atoms with E-state index in [1.165, 1.54) is 0 Å². The first kappa shape index (κ1) is 11.5. The molecule has 0 radical (unpaired) electrons. The summed E-state index contributed by atoms with van der Waals surface area (Å²) in [4.78, 5) is 4.29. The zero-order chi connectivity index (χ0) is 11.4. The molecule has 0 fully saturated rings. The standard InChI is InChI=1S/C11H13BrFN3/c12-9-2-3-11-15-7-10(16(11)8-9)6-14-5-1-4-13/h2-3,7-8,14H,1,4-6H2. The normalized spacial score (nSPS) is 11.1. The summed E-state index contributed by atoms with van der Waals surface area (Å²) in [5, 5.41) is 3.18. The van der Waals surface area contributed by atoms with Gasteiger partial charge >= 0.3 is 0 Å². The van der Waals surface area contributed by atoms with E-state index in [2.05, 4.69) is 26.2 Å². The van der Waals surface area contributed by atoms with Crippen molar-refractivity contribution in [3.63, 3.8) is 0 Å². The number of nitrogens with zero attached hydrogens (tertiary/aromatic N) is 2. The smallest absolute Gasteiger partial charge is 0.136 e. The van der Waals surface area contributed by atoms with E-state index in [0.29, 0.717) is 19.5 Å². The molecule has 0 saturated carbocycles. The molecular formula is C11H13BrFN3. The maximum atomic E-state index is 11.9. The maximum absolute atomic E-state index is 11.9. The Morgan fingerprint density at radius 2 is 2.31 bits per heavy atom. The number of halogens is 2. The van der Waals surface area contributed by atoms with Crippen LogP contribution in [0.3, 0.4) is 0 Å². The Labute approximate surface area is 102 Å². The minimum atomic E-state index is -0.272. The lowest BCUT2D eigenvalue weighted by Gasteiger charge is -2.03. The van der Waals surface area contributed by atoms with Crippen LogP contribution in [0.15, 0.2) is 29.0 Å². The summed E-state index contributed by atoms with van der Waals surface area (Å²) in [6.45, 7) is 1.13. The second kappa shape index (κ2) is 5.41. The molecule has 0 aliphatic heterocycles. The molecule has 3 nitrogen and oxygen atoms in total. The number of hydrogen-bond acceptors (Lipinski definition) is 2. The topological polar surface area (TPSA) is 29.3 Å². The van der Waals surface area contributed by atoms with Crippen LogP contribution in [0, 0.1) is 0 Å². The summed E-state index contributed by atoms with van der Waals surface area (Å²) in [5.74, 6) is 0. The number of hydrogen-bond donors (Lipinski definition) is 1. The molecule has 5 heteroatoms. The number of nitrogens with one attached hydrogen (secondary N) is 1. The van der Waals surface area contributed by atoms with Gasteiger partial charge in [0.2, 0.25) is 0 Å². The molecule has 2 rings (SSSR count). The van der Waals surface area contributed by atoms with Crippen molar-refractivity contribution in [2.45, 2.75) is 13.0 Å². The molecule has 0 bridgehead atoms. The molecule has 1 N–H and O–H groups in total. The van der Waals surface area contributed by atoms with Crippen LogP contribution in [0.1, 0.15) is 12.1 Å². The summed E-state index contributed by atoms with van der Waals surface area (Å²) in [7, 11) is 0. The molecular weight excluding hydrogens is 273 g/mol. The second-order valence-electron chi connectivity index (χ2n) is 3.54. The first-order chi connectivity index (χ1) is 7.81. The van der Waals surface area contributed by atoms with Gasteiger partial charge in [-0.1, -0.05) is 0 Å². The Kier molecular flexibility index (Phi) is 3.90. The van der Waals surface area contributed by atoms with E-state index >= 15 is 0 Å². The first-order valence-corrected chi connectivity index (χ1v) is 5.99. The first-order valence-electron chi connectivity index (χ1n) is 5.19. The zero-order valence-corrected chi connectivity index (χ0v) is 10.4. The zero-order valence-electron chi connectivity index (χ0n) is 8.79. The largest absolute Gasteiger partial charge is 0.311 e. The van der Waals surface area contributed by atoms with E-state index < -0.39 is 0 Å². The Hall–Kier alpha value is -0.940. The van der Waals surface area contributed by atoms with Gasteiger partial charge < -0.3 is 9.72 Å². The molecule has 0 aliphatic rings. The van der Waals surface area contributed by atoms with Crippen LogP contribution < -0.4 is 5.32 Å². The number of alkyl halides is 1. The van der Waals surface area contributed by atoms with Crippen molar-refractivity contribution in [1.29, 1.82) is 0 Å². The SMILES string of the molecule is FCCCNCc1cnc2ccc(Br)cn12. The van der Waals surface area contributed by atoms with Gasteiger partial charge in [-0.3, -0.25) is 4.39 Å². The van der Waals surface area contributed by atoms with Crippen LogP contribution in [0.25, 0.3) is 5.65 Å². The van der Waals surface area contributed by atoms with E-state index in [1.54, 1.807) is 0 Å². The monoisotopic (exact) mass is 285 g/mol. The van der Waals surface area contributed by atoms with E-state index in [9.17, 15) is 4.39 Å². The summed E-state index contributed by atoms with van der Waals surface area (Å²) in [5.41, 5.74) is 2.00. The van der Waals surface area contributed by atoms with Crippen LogP contribution in [0.4, 0.5) is 4.39 Å². The van der Waals surface area contributed by atoms with Gasteiger partial charge in [-0.2, -0.15) is 0 Å². The third-order valence-electron chi connectivity index (χ3n) is 2.34. The average molecular weight is 286 g/mol. The fourth-order valence-corrected chi connectivity index (χ4v) is 1.88. The minimum absolute atomic E-state index is 0.272. The third-order valence-corrected chi connectivity index (χ3v) is 2.81. The molecule has 2 heterocycles. The van der Waals surface area contributed by atoms with E-state index in [4.69, 9.17) is 0 Å². The number of pyridine rings is 1. The van der Waals surface area contributed by atoms with Crippen LogP contribution in [-0.4, -0.2) is 22.6 Å². The van der Waals surface area contributed by atoms with Crippen molar-refractivity contribution in [2.75, 3.05) is 13.2 Å². The molecule has 2 aromatic heterocycles. The van der Waals surface area contributed by atoms with Gasteiger partial charge in [0, 0.05) is 17.2 Å². The fourth-order valence-electron chi connectivity index (χ4n) is 1.54. The van der Waals surface area contributed by atoms with E-state index in [1.807, 2.05) is 28.9 Å².